The van der Waals surface area contributed by atoms with Crippen LogP contribution >= 0.6 is 0 Å². The van der Waals surface area contributed by atoms with Crippen molar-refractivity contribution in [1.82, 2.24) is 9.97 Å². The Hall–Kier alpha value is -2.35. The first kappa shape index (κ1) is 14.6. The minimum absolute atomic E-state index is 0.216. The number of nitrogens with zero attached hydrogens (tertiary/aromatic N) is 2. The molecule has 2 aromatic rings. The van der Waals surface area contributed by atoms with E-state index >= 15 is 0 Å². The van der Waals surface area contributed by atoms with Crippen LogP contribution in [0.15, 0.2) is 30.6 Å². The number of hydrazine groups is 1. The van der Waals surface area contributed by atoms with Gasteiger partial charge in [0.2, 0.25) is 0 Å². The molecule has 1 aliphatic rings. The molecular formula is C14H13F3N4O. The summed E-state index contributed by atoms with van der Waals surface area (Å²) in [7, 11) is 0. The number of hydrogen-bond donors (Lipinski definition) is 2. The maximum atomic E-state index is 12.3. The van der Waals surface area contributed by atoms with Gasteiger partial charge in [-0.1, -0.05) is 0 Å². The molecule has 0 atom stereocenters. The molecule has 0 unspecified atom stereocenters. The quantitative estimate of drug-likeness (QED) is 0.670. The van der Waals surface area contributed by atoms with Crippen molar-refractivity contribution in [3.8, 4) is 17.0 Å². The van der Waals surface area contributed by atoms with Crippen molar-refractivity contribution in [1.29, 1.82) is 0 Å². The van der Waals surface area contributed by atoms with Crippen LogP contribution in [0.4, 0.5) is 19.0 Å². The van der Waals surface area contributed by atoms with Gasteiger partial charge < -0.3 is 10.2 Å². The van der Waals surface area contributed by atoms with Crippen LogP contribution in [0.1, 0.15) is 24.3 Å². The van der Waals surface area contributed by atoms with E-state index in [1.54, 1.807) is 6.07 Å². The fourth-order valence-electron chi connectivity index (χ4n) is 2.24. The highest BCUT2D eigenvalue weighted by Crippen LogP contribution is 2.45. The number of ether oxygens (including phenoxy) is 1. The van der Waals surface area contributed by atoms with E-state index in [1.807, 2.05) is 0 Å². The third-order valence-corrected chi connectivity index (χ3v) is 3.35. The number of hydrogen-bond acceptors (Lipinski definition) is 5. The molecule has 3 N–H and O–H groups in total. The average Bonchev–Trinajstić information content (AvgIpc) is 3.30. The predicted molar refractivity (Wildman–Crippen MR) is 73.9 cm³/mol. The van der Waals surface area contributed by atoms with Crippen LogP contribution in [0.3, 0.4) is 0 Å². The maximum Gasteiger partial charge on any atom is 0.573 e. The summed E-state index contributed by atoms with van der Waals surface area (Å²) in [4.78, 5) is 8.29. The SMILES string of the molecule is NNc1cnc(-c2ccc(OC(F)(F)F)cc2C2CC2)cn1. The summed E-state index contributed by atoms with van der Waals surface area (Å²) in [6, 6.07) is 4.29. The van der Waals surface area contributed by atoms with Gasteiger partial charge in [-0.15, -0.1) is 13.2 Å². The van der Waals surface area contributed by atoms with E-state index in [2.05, 4.69) is 20.1 Å². The lowest BCUT2D eigenvalue weighted by Crippen LogP contribution is -2.17. The first-order chi connectivity index (χ1) is 10.5. The second-order valence-electron chi connectivity index (χ2n) is 5.00. The van der Waals surface area contributed by atoms with Crippen LogP contribution in [0.25, 0.3) is 11.3 Å². The molecule has 0 amide bonds. The minimum atomic E-state index is -4.70. The molecule has 5 nitrogen and oxygen atoms in total. The Morgan fingerprint density at radius 2 is 1.95 bits per heavy atom. The summed E-state index contributed by atoms with van der Waals surface area (Å²) >= 11 is 0. The molecule has 0 radical (unpaired) electrons. The van der Waals surface area contributed by atoms with Gasteiger partial charge in [0.15, 0.2) is 5.82 Å². The molecule has 1 fully saturated rings. The summed E-state index contributed by atoms with van der Waals surface area (Å²) in [5, 5.41) is 0. The number of halogens is 3. The summed E-state index contributed by atoms with van der Waals surface area (Å²) in [5.41, 5.74) is 4.51. The molecule has 1 aliphatic carbocycles. The van der Waals surface area contributed by atoms with Gasteiger partial charge in [0.05, 0.1) is 18.1 Å². The molecule has 116 valence electrons. The van der Waals surface area contributed by atoms with Gasteiger partial charge >= 0.3 is 6.36 Å². The van der Waals surface area contributed by atoms with Crippen molar-refractivity contribution >= 4 is 5.82 Å². The minimum Gasteiger partial charge on any atom is -0.406 e. The molecule has 0 spiro atoms. The van der Waals surface area contributed by atoms with E-state index in [-0.39, 0.29) is 11.7 Å². The van der Waals surface area contributed by atoms with E-state index in [0.717, 1.165) is 24.0 Å². The Balaban J connectivity index is 1.96. The predicted octanol–water partition coefficient (Wildman–Crippen LogP) is 3.21. The molecular weight excluding hydrogens is 297 g/mol. The van der Waals surface area contributed by atoms with Crippen LogP contribution in [0.2, 0.25) is 0 Å². The molecule has 1 aromatic heterocycles. The van der Waals surface area contributed by atoms with E-state index in [0.29, 0.717) is 11.5 Å². The average molecular weight is 310 g/mol. The topological polar surface area (TPSA) is 73.1 Å². The van der Waals surface area contributed by atoms with E-state index in [4.69, 9.17) is 5.84 Å². The van der Waals surface area contributed by atoms with Gasteiger partial charge in [-0.05, 0) is 42.5 Å². The summed E-state index contributed by atoms with van der Waals surface area (Å²) in [6.45, 7) is 0. The van der Waals surface area contributed by atoms with Crippen LogP contribution in [-0.4, -0.2) is 16.3 Å². The molecule has 1 aromatic carbocycles. The van der Waals surface area contributed by atoms with Crippen LogP contribution in [0.5, 0.6) is 5.75 Å². The van der Waals surface area contributed by atoms with Crippen molar-refractivity contribution in [2.75, 3.05) is 5.43 Å². The highest BCUT2D eigenvalue weighted by atomic mass is 19.4. The third-order valence-electron chi connectivity index (χ3n) is 3.35. The van der Waals surface area contributed by atoms with Gasteiger partial charge in [0, 0.05) is 5.56 Å². The number of alkyl halides is 3. The third kappa shape index (κ3) is 3.28. The summed E-state index contributed by atoms with van der Waals surface area (Å²) in [6.07, 6.45) is 0.181. The second-order valence-corrected chi connectivity index (χ2v) is 5.00. The lowest BCUT2D eigenvalue weighted by molar-refractivity contribution is -0.274. The molecule has 1 heterocycles. The first-order valence-corrected chi connectivity index (χ1v) is 6.65. The molecule has 0 aliphatic heterocycles. The highest BCUT2D eigenvalue weighted by molar-refractivity contribution is 5.66. The number of nitrogens with one attached hydrogen (secondary N) is 1. The lowest BCUT2D eigenvalue weighted by Gasteiger charge is -2.13. The molecule has 22 heavy (non-hydrogen) atoms. The van der Waals surface area contributed by atoms with E-state index < -0.39 is 6.36 Å². The second kappa shape index (κ2) is 5.45. The number of benzene rings is 1. The largest absolute Gasteiger partial charge is 0.573 e. The van der Waals surface area contributed by atoms with Gasteiger partial charge in [-0.3, -0.25) is 4.98 Å². The van der Waals surface area contributed by atoms with Crippen molar-refractivity contribution in [2.24, 2.45) is 5.84 Å². The monoisotopic (exact) mass is 310 g/mol. The number of nitrogen functional groups attached to an aromatic ring is 1. The standard InChI is InChI=1S/C14H13F3N4O/c15-14(16,17)22-9-3-4-10(11(5-9)8-1-2-8)12-6-20-13(21-18)7-19-12/h3-8H,1-2,18H2,(H,20,21). The van der Waals surface area contributed by atoms with Gasteiger partial charge in [-0.2, -0.15) is 0 Å². The van der Waals surface area contributed by atoms with Crippen LogP contribution in [-0.2, 0) is 0 Å². The number of anilines is 1. The van der Waals surface area contributed by atoms with Crippen LogP contribution < -0.4 is 16.0 Å². The van der Waals surface area contributed by atoms with Crippen molar-refractivity contribution in [3.05, 3.63) is 36.2 Å². The Kier molecular flexibility index (Phi) is 3.61. The number of nitrogens with two attached hydrogens (primary N) is 1. The molecule has 3 rings (SSSR count). The molecule has 8 heteroatoms. The zero-order valence-corrected chi connectivity index (χ0v) is 11.4. The Labute approximate surface area is 124 Å². The van der Waals surface area contributed by atoms with Crippen LogP contribution in [0, 0.1) is 0 Å². The fourth-order valence-corrected chi connectivity index (χ4v) is 2.24. The van der Waals surface area contributed by atoms with Crippen molar-refractivity contribution < 1.29 is 17.9 Å². The van der Waals surface area contributed by atoms with E-state index in [9.17, 15) is 13.2 Å². The van der Waals surface area contributed by atoms with Crippen molar-refractivity contribution in [3.63, 3.8) is 0 Å². The zero-order valence-electron chi connectivity index (χ0n) is 11.4. The Bertz CT molecular complexity index is 669. The number of aromatic nitrogens is 2. The zero-order chi connectivity index (χ0) is 15.7. The Morgan fingerprint density at radius 3 is 2.50 bits per heavy atom. The van der Waals surface area contributed by atoms with Gasteiger partial charge in [0.1, 0.15) is 5.75 Å². The normalized spacial score (nSPS) is 14.7. The maximum absolute atomic E-state index is 12.3. The highest BCUT2D eigenvalue weighted by Gasteiger charge is 2.33. The Morgan fingerprint density at radius 1 is 1.18 bits per heavy atom. The molecule has 0 bridgehead atoms. The summed E-state index contributed by atoms with van der Waals surface area (Å²) in [5.74, 6) is 5.66. The van der Waals surface area contributed by atoms with Gasteiger partial charge in [-0.25, -0.2) is 10.8 Å². The smallest absolute Gasteiger partial charge is 0.406 e. The lowest BCUT2D eigenvalue weighted by atomic mass is 10.0. The van der Waals surface area contributed by atoms with Gasteiger partial charge in [0.25, 0.3) is 0 Å². The fraction of sp³-hybridized carbons (Fsp3) is 0.286. The first-order valence-electron chi connectivity index (χ1n) is 6.65. The number of rotatable bonds is 4. The van der Waals surface area contributed by atoms with Crippen molar-refractivity contribution in [2.45, 2.75) is 25.1 Å². The molecule has 1 saturated carbocycles. The van der Waals surface area contributed by atoms with E-state index in [1.165, 1.54) is 24.5 Å². The molecule has 0 saturated heterocycles. The summed E-state index contributed by atoms with van der Waals surface area (Å²) < 4.78 is 41.0.